The van der Waals surface area contributed by atoms with E-state index in [9.17, 15) is 0 Å². The first-order valence-corrected chi connectivity index (χ1v) is 7.49. The zero-order valence-electron chi connectivity index (χ0n) is 12.7. The van der Waals surface area contributed by atoms with Gasteiger partial charge in [0.25, 0.3) is 0 Å². The Balaban J connectivity index is 1.93. The maximum absolute atomic E-state index is 5.69. The topological polar surface area (TPSA) is 29.3 Å². The van der Waals surface area contributed by atoms with Crippen LogP contribution in [0, 0.1) is 5.41 Å². The maximum atomic E-state index is 5.69. The SMILES string of the molecule is CN(Cc1ccc2c(c1)CCC2)CC(C)(C)CCN. The lowest BCUT2D eigenvalue weighted by Crippen LogP contribution is -2.32. The summed E-state index contributed by atoms with van der Waals surface area (Å²) in [7, 11) is 2.21. The van der Waals surface area contributed by atoms with Crippen LogP contribution in [0.5, 0.6) is 0 Å². The standard InChI is InChI=1S/C17H28N2/c1-17(2,9-10-18)13-19(3)12-14-7-8-15-5-4-6-16(15)11-14/h7-8,11H,4-6,9-10,12-13,18H2,1-3H3. The molecular formula is C17H28N2. The zero-order valence-corrected chi connectivity index (χ0v) is 12.7. The molecule has 2 N–H and O–H groups in total. The Kier molecular flexibility index (Phi) is 4.64. The highest BCUT2D eigenvalue weighted by Gasteiger charge is 2.19. The van der Waals surface area contributed by atoms with Gasteiger partial charge in [-0.15, -0.1) is 0 Å². The summed E-state index contributed by atoms with van der Waals surface area (Å²) in [5.74, 6) is 0. The van der Waals surface area contributed by atoms with E-state index in [2.05, 4.69) is 44.0 Å². The highest BCUT2D eigenvalue weighted by molar-refractivity contribution is 5.35. The summed E-state index contributed by atoms with van der Waals surface area (Å²) in [5, 5.41) is 0. The number of benzene rings is 1. The van der Waals surface area contributed by atoms with Gasteiger partial charge in [0.2, 0.25) is 0 Å². The molecule has 0 fully saturated rings. The molecule has 0 heterocycles. The van der Waals surface area contributed by atoms with E-state index in [1.165, 1.54) is 24.8 Å². The average Bonchev–Trinajstić information content (AvgIpc) is 2.74. The third-order valence-corrected chi connectivity index (χ3v) is 4.13. The lowest BCUT2D eigenvalue weighted by Gasteiger charge is -2.30. The van der Waals surface area contributed by atoms with Crippen molar-refractivity contribution in [2.45, 2.75) is 46.1 Å². The number of hydrogen-bond acceptors (Lipinski definition) is 2. The summed E-state index contributed by atoms with van der Waals surface area (Å²) in [6.45, 7) is 7.53. The van der Waals surface area contributed by atoms with Gasteiger partial charge in [0.1, 0.15) is 0 Å². The molecule has 0 saturated heterocycles. The minimum Gasteiger partial charge on any atom is -0.330 e. The number of nitrogens with zero attached hydrogens (tertiary/aromatic N) is 1. The van der Waals surface area contributed by atoms with Gasteiger partial charge in [0.15, 0.2) is 0 Å². The van der Waals surface area contributed by atoms with Gasteiger partial charge in [0.05, 0.1) is 0 Å². The Hall–Kier alpha value is -0.860. The second-order valence-electron chi connectivity index (χ2n) is 6.83. The maximum Gasteiger partial charge on any atom is 0.0231 e. The van der Waals surface area contributed by atoms with Crippen LogP contribution in [0.25, 0.3) is 0 Å². The Morgan fingerprint density at radius 1 is 1.21 bits per heavy atom. The van der Waals surface area contributed by atoms with E-state index in [1.807, 2.05) is 0 Å². The molecule has 0 unspecified atom stereocenters. The van der Waals surface area contributed by atoms with E-state index in [1.54, 1.807) is 11.1 Å². The minimum atomic E-state index is 0.306. The van der Waals surface area contributed by atoms with Crippen LogP contribution in [0.4, 0.5) is 0 Å². The normalized spacial score (nSPS) is 15.0. The third kappa shape index (κ3) is 4.05. The van der Waals surface area contributed by atoms with Crippen LogP contribution in [0.2, 0.25) is 0 Å². The second kappa shape index (κ2) is 6.06. The summed E-state index contributed by atoms with van der Waals surface area (Å²) in [6, 6.07) is 7.04. The van der Waals surface area contributed by atoms with E-state index in [-0.39, 0.29) is 0 Å². The van der Waals surface area contributed by atoms with Gasteiger partial charge in [-0.1, -0.05) is 32.0 Å². The van der Waals surface area contributed by atoms with Crippen molar-refractivity contribution in [1.82, 2.24) is 4.90 Å². The molecule has 0 aliphatic heterocycles. The van der Waals surface area contributed by atoms with Crippen molar-refractivity contribution in [1.29, 1.82) is 0 Å². The molecule has 1 aliphatic carbocycles. The fourth-order valence-electron chi connectivity index (χ4n) is 3.29. The lowest BCUT2D eigenvalue weighted by molar-refractivity contribution is 0.195. The van der Waals surface area contributed by atoms with Gasteiger partial charge in [0, 0.05) is 13.1 Å². The Morgan fingerprint density at radius 3 is 2.68 bits per heavy atom. The van der Waals surface area contributed by atoms with Crippen molar-refractivity contribution < 1.29 is 0 Å². The second-order valence-corrected chi connectivity index (χ2v) is 6.83. The molecule has 19 heavy (non-hydrogen) atoms. The number of hydrogen-bond donors (Lipinski definition) is 1. The Bertz CT molecular complexity index is 423. The van der Waals surface area contributed by atoms with Crippen LogP contribution in [0.3, 0.4) is 0 Å². The molecule has 1 aliphatic rings. The molecular weight excluding hydrogens is 232 g/mol. The quantitative estimate of drug-likeness (QED) is 0.852. The smallest absolute Gasteiger partial charge is 0.0231 e. The van der Waals surface area contributed by atoms with E-state index in [4.69, 9.17) is 5.73 Å². The number of fused-ring (bicyclic) bond motifs is 1. The minimum absolute atomic E-state index is 0.306. The molecule has 2 rings (SSSR count). The molecule has 0 amide bonds. The molecule has 0 aromatic heterocycles. The highest BCUT2D eigenvalue weighted by Crippen LogP contribution is 2.25. The summed E-state index contributed by atoms with van der Waals surface area (Å²) >= 11 is 0. The van der Waals surface area contributed by atoms with Crippen LogP contribution in [-0.2, 0) is 19.4 Å². The summed E-state index contributed by atoms with van der Waals surface area (Å²) in [6.07, 6.45) is 4.96. The predicted octanol–water partition coefficient (Wildman–Crippen LogP) is 2.98. The first-order chi connectivity index (χ1) is 9.00. The Morgan fingerprint density at radius 2 is 1.95 bits per heavy atom. The fraction of sp³-hybridized carbons (Fsp3) is 0.647. The molecule has 1 aromatic rings. The number of aryl methyl sites for hydroxylation is 2. The molecule has 0 bridgehead atoms. The van der Waals surface area contributed by atoms with Crippen molar-refractivity contribution >= 4 is 0 Å². The van der Waals surface area contributed by atoms with Crippen LogP contribution in [-0.4, -0.2) is 25.0 Å². The Labute approximate surface area is 118 Å². The molecule has 0 radical (unpaired) electrons. The predicted molar refractivity (Wildman–Crippen MR) is 82.3 cm³/mol. The van der Waals surface area contributed by atoms with Gasteiger partial charge < -0.3 is 10.6 Å². The van der Waals surface area contributed by atoms with Gasteiger partial charge in [-0.2, -0.15) is 0 Å². The van der Waals surface area contributed by atoms with Crippen LogP contribution >= 0.6 is 0 Å². The third-order valence-electron chi connectivity index (χ3n) is 4.13. The summed E-state index contributed by atoms with van der Waals surface area (Å²) in [5.41, 5.74) is 10.6. The fourth-order valence-corrected chi connectivity index (χ4v) is 3.29. The summed E-state index contributed by atoms with van der Waals surface area (Å²) < 4.78 is 0. The lowest BCUT2D eigenvalue weighted by atomic mass is 9.89. The monoisotopic (exact) mass is 260 g/mol. The van der Waals surface area contributed by atoms with E-state index >= 15 is 0 Å². The van der Waals surface area contributed by atoms with Gasteiger partial charge in [-0.05, 0) is 61.4 Å². The van der Waals surface area contributed by atoms with Crippen molar-refractivity contribution in [3.05, 3.63) is 34.9 Å². The van der Waals surface area contributed by atoms with Gasteiger partial charge in [-0.3, -0.25) is 0 Å². The molecule has 0 spiro atoms. The molecule has 1 aromatic carbocycles. The first kappa shape index (κ1) is 14.5. The van der Waals surface area contributed by atoms with Gasteiger partial charge >= 0.3 is 0 Å². The zero-order chi connectivity index (χ0) is 13.9. The largest absolute Gasteiger partial charge is 0.330 e. The van der Waals surface area contributed by atoms with E-state index < -0.39 is 0 Å². The molecule has 2 nitrogen and oxygen atoms in total. The van der Waals surface area contributed by atoms with E-state index in [0.717, 1.165) is 26.1 Å². The highest BCUT2D eigenvalue weighted by atomic mass is 15.1. The molecule has 0 atom stereocenters. The van der Waals surface area contributed by atoms with E-state index in [0.29, 0.717) is 5.41 Å². The van der Waals surface area contributed by atoms with Crippen molar-refractivity contribution in [2.24, 2.45) is 11.1 Å². The van der Waals surface area contributed by atoms with Crippen LogP contribution in [0.1, 0.15) is 43.4 Å². The van der Waals surface area contributed by atoms with Crippen LogP contribution < -0.4 is 5.73 Å². The van der Waals surface area contributed by atoms with Crippen molar-refractivity contribution in [3.63, 3.8) is 0 Å². The number of rotatable bonds is 6. The van der Waals surface area contributed by atoms with Gasteiger partial charge in [-0.25, -0.2) is 0 Å². The first-order valence-electron chi connectivity index (χ1n) is 7.49. The van der Waals surface area contributed by atoms with Crippen molar-refractivity contribution in [2.75, 3.05) is 20.1 Å². The molecule has 0 saturated carbocycles. The van der Waals surface area contributed by atoms with Crippen molar-refractivity contribution in [3.8, 4) is 0 Å². The average molecular weight is 260 g/mol. The molecule has 106 valence electrons. The summed E-state index contributed by atoms with van der Waals surface area (Å²) in [4.78, 5) is 2.42. The molecule has 2 heteroatoms. The van der Waals surface area contributed by atoms with Crippen LogP contribution in [0.15, 0.2) is 18.2 Å². The number of nitrogens with two attached hydrogens (primary N) is 1.